The molecule has 0 saturated carbocycles. The van der Waals surface area contributed by atoms with Crippen molar-refractivity contribution in [3.63, 3.8) is 0 Å². The van der Waals surface area contributed by atoms with E-state index in [1.165, 1.54) is 24.6 Å². The largest absolute Gasteiger partial charge is 0.355 e. The second kappa shape index (κ2) is 13.1. The van der Waals surface area contributed by atoms with E-state index in [-0.39, 0.29) is 16.7 Å². The number of halogens is 1. The number of nitrogens with one attached hydrogen (secondary N) is 1. The summed E-state index contributed by atoms with van der Waals surface area (Å²) in [5, 5.41) is 3.42. The summed E-state index contributed by atoms with van der Waals surface area (Å²) in [7, 11) is 1.74. The third kappa shape index (κ3) is 7.79. The molecule has 0 aliphatic rings. The van der Waals surface area contributed by atoms with Gasteiger partial charge in [-0.3, -0.25) is 14.2 Å². The molecule has 1 amide bonds. The van der Waals surface area contributed by atoms with E-state index in [0.29, 0.717) is 23.7 Å². The molecular formula is C24H34BrN3O2S. The van der Waals surface area contributed by atoms with Crippen molar-refractivity contribution in [2.45, 2.75) is 76.1 Å². The average molecular weight is 509 g/mol. The molecule has 2 rings (SSSR count). The molecule has 1 heterocycles. The van der Waals surface area contributed by atoms with Gasteiger partial charge in [0.05, 0.1) is 5.25 Å². The Kier molecular flexibility index (Phi) is 10.8. The molecule has 0 bridgehead atoms. The van der Waals surface area contributed by atoms with Crippen molar-refractivity contribution in [2.24, 2.45) is 7.05 Å². The normalized spacial score (nSPS) is 12.0. The van der Waals surface area contributed by atoms with Crippen LogP contribution in [0, 0.1) is 6.92 Å². The summed E-state index contributed by atoms with van der Waals surface area (Å²) in [4.78, 5) is 30.5. The van der Waals surface area contributed by atoms with E-state index < -0.39 is 0 Å². The highest BCUT2D eigenvalue weighted by Crippen LogP contribution is 2.25. The van der Waals surface area contributed by atoms with Crippen LogP contribution in [0.25, 0.3) is 0 Å². The minimum atomic E-state index is -0.244. The summed E-state index contributed by atoms with van der Waals surface area (Å²) in [6.45, 7) is 6.83. The molecule has 2 aromatic rings. The van der Waals surface area contributed by atoms with Gasteiger partial charge in [-0.2, -0.15) is 0 Å². The van der Waals surface area contributed by atoms with Crippen molar-refractivity contribution >= 4 is 33.6 Å². The molecule has 1 aromatic carbocycles. The van der Waals surface area contributed by atoms with Gasteiger partial charge in [-0.25, -0.2) is 4.98 Å². The Morgan fingerprint density at radius 3 is 2.52 bits per heavy atom. The van der Waals surface area contributed by atoms with Crippen LogP contribution in [0.4, 0.5) is 0 Å². The number of benzene rings is 1. The Labute approximate surface area is 198 Å². The standard InChI is InChI=1S/C24H34BrN3O2S/c1-5-7-8-9-15-26-22(29)21(10-6-2)31-24-27-17(3)20(23(30)28(24)4)16-18-11-13-19(25)14-12-18/h11-14,21H,5-10,15-16H2,1-4H3,(H,26,29). The lowest BCUT2D eigenvalue weighted by molar-refractivity contribution is -0.120. The highest BCUT2D eigenvalue weighted by Gasteiger charge is 2.22. The third-order valence-electron chi connectivity index (χ3n) is 5.26. The Hall–Kier alpha value is -1.60. The van der Waals surface area contributed by atoms with Crippen molar-refractivity contribution < 1.29 is 4.79 Å². The summed E-state index contributed by atoms with van der Waals surface area (Å²) in [5.41, 5.74) is 2.44. The molecule has 0 fully saturated rings. The smallest absolute Gasteiger partial charge is 0.257 e. The molecule has 0 spiro atoms. The zero-order valence-corrected chi connectivity index (χ0v) is 21.4. The topological polar surface area (TPSA) is 64.0 Å². The molecule has 0 aliphatic heterocycles. The van der Waals surface area contributed by atoms with Gasteiger partial charge >= 0.3 is 0 Å². The average Bonchev–Trinajstić information content (AvgIpc) is 2.75. The molecule has 0 aliphatic carbocycles. The second-order valence-corrected chi connectivity index (χ2v) is 9.96. The van der Waals surface area contributed by atoms with Crippen LogP contribution in [0.1, 0.15) is 69.2 Å². The van der Waals surface area contributed by atoms with Crippen LogP contribution < -0.4 is 10.9 Å². The SMILES string of the molecule is CCCCCCNC(=O)C(CCC)Sc1nc(C)c(Cc2ccc(Br)cc2)c(=O)n1C. The van der Waals surface area contributed by atoms with Crippen LogP contribution in [0.5, 0.6) is 0 Å². The molecule has 0 radical (unpaired) electrons. The zero-order valence-electron chi connectivity index (χ0n) is 19.0. The fourth-order valence-electron chi connectivity index (χ4n) is 3.36. The molecule has 5 nitrogen and oxygen atoms in total. The molecule has 0 saturated heterocycles. The number of carbonyl (C=O) groups excluding carboxylic acids is 1. The number of hydrogen-bond donors (Lipinski definition) is 1. The molecule has 7 heteroatoms. The van der Waals surface area contributed by atoms with E-state index in [1.807, 2.05) is 31.2 Å². The van der Waals surface area contributed by atoms with E-state index in [9.17, 15) is 9.59 Å². The lowest BCUT2D eigenvalue weighted by atomic mass is 10.1. The van der Waals surface area contributed by atoms with Crippen LogP contribution >= 0.6 is 27.7 Å². The first kappa shape index (κ1) is 25.7. The van der Waals surface area contributed by atoms with Crippen molar-refractivity contribution in [1.82, 2.24) is 14.9 Å². The summed E-state index contributed by atoms with van der Waals surface area (Å²) in [6.07, 6.45) is 6.71. The first-order valence-electron chi connectivity index (χ1n) is 11.1. The minimum absolute atomic E-state index is 0.0363. The van der Waals surface area contributed by atoms with E-state index in [1.54, 1.807) is 11.6 Å². The fourth-order valence-corrected chi connectivity index (χ4v) is 4.85. The molecule has 170 valence electrons. The van der Waals surface area contributed by atoms with Gasteiger partial charge in [0.1, 0.15) is 0 Å². The van der Waals surface area contributed by atoms with Crippen LogP contribution in [0.15, 0.2) is 38.7 Å². The monoisotopic (exact) mass is 507 g/mol. The third-order valence-corrected chi connectivity index (χ3v) is 7.10. The fraction of sp³-hybridized carbons (Fsp3) is 0.542. The van der Waals surface area contributed by atoms with Crippen molar-refractivity contribution in [2.75, 3.05) is 6.54 Å². The van der Waals surface area contributed by atoms with Gasteiger partial charge < -0.3 is 5.32 Å². The maximum absolute atomic E-state index is 13.1. The summed E-state index contributed by atoms with van der Waals surface area (Å²) >= 11 is 4.84. The van der Waals surface area contributed by atoms with Gasteiger partial charge in [0.2, 0.25) is 5.91 Å². The lowest BCUT2D eigenvalue weighted by Crippen LogP contribution is -2.34. The van der Waals surface area contributed by atoms with E-state index in [0.717, 1.165) is 41.4 Å². The highest BCUT2D eigenvalue weighted by atomic mass is 79.9. The number of rotatable bonds is 12. The second-order valence-electron chi connectivity index (χ2n) is 7.87. The van der Waals surface area contributed by atoms with Gasteiger partial charge in [-0.1, -0.05) is 79.4 Å². The van der Waals surface area contributed by atoms with Gasteiger partial charge in [0.25, 0.3) is 5.56 Å². The van der Waals surface area contributed by atoms with Crippen molar-refractivity contribution in [1.29, 1.82) is 0 Å². The molecule has 1 aromatic heterocycles. The van der Waals surface area contributed by atoms with Gasteiger partial charge in [0.15, 0.2) is 5.16 Å². The van der Waals surface area contributed by atoms with Crippen LogP contribution in [0.2, 0.25) is 0 Å². The minimum Gasteiger partial charge on any atom is -0.355 e. The summed E-state index contributed by atoms with van der Waals surface area (Å²) < 4.78 is 2.60. The number of unbranched alkanes of at least 4 members (excludes halogenated alkanes) is 3. The Morgan fingerprint density at radius 1 is 1.16 bits per heavy atom. The molecule has 1 N–H and O–H groups in total. The molecule has 1 unspecified atom stereocenters. The Bertz CT molecular complexity index is 912. The number of aryl methyl sites for hydroxylation is 1. The predicted molar refractivity (Wildman–Crippen MR) is 133 cm³/mol. The predicted octanol–water partition coefficient (Wildman–Crippen LogP) is 5.40. The van der Waals surface area contributed by atoms with Gasteiger partial charge in [-0.15, -0.1) is 0 Å². The van der Waals surface area contributed by atoms with Crippen molar-refractivity contribution in [3.8, 4) is 0 Å². The van der Waals surface area contributed by atoms with Crippen LogP contribution in [-0.4, -0.2) is 27.3 Å². The molecule has 31 heavy (non-hydrogen) atoms. The van der Waals surface area contributed by atoms with E-state index in [2.05, 4.69) is 35.1 Å². The molecule has 1 atom stereocenters. The Morgan fingerprint density at radius 2 is 1.87 bits per heavy atom. The first-order chi connectivity index (χ1) is 14.9. The zero-order chi connectivity index (χ0) is 22.8. The van der Waals surface area contributed by atoms with E-state index in [4.69, 9.17) is 4.98 Å². The Balaban J connectivity index is 2.14. The molecular weight excluding hydrogens is 474 g/mol. The quantitative estimate of drug-likeness (QED) is 0.237. The first-order valence-corrected chi connectivity index (χ1v) is 12.8. The number of nitrogens with zero attached hydrogens (tertiary/aromatic N) is 2. The number of hydrogen-bond acceptors (Lipinski definition) is 4. The number of aromatic nitrogens is 2. The highest BCUT2D eigenvalue weighted by molar-refractivity contribution is 9.10. The van der Waals surface area contributed by atoms with E-state index >= 15 is 0 Å². The number of amides is 1. The number of thioether (sulfide) groups is 1. The van der Waals surface area contributed by atoms with Crippen LogP contribution in [-0.2, 0) is 18.3 Å². The maximum Gasteiger partial charge on any atom is 0.257 e. The summed E-state index contributed by atoms with van der Waals surface area (Å²) in [6, 6.07) is 7.97. The maximum atomic E-state index is 13.1. The van der Waals surface area contributed by atoms with Crippen molar-refractivity contribution in [3.05, 3.63) is 55.9 Å². The van der Waals surface area contributed by atoms with Gasteiger partial charge in [0, 0.05) is 35.7 Å². The van der Waals surface area contributed by atoms with Gasteiger partial charge in [-0.05, 0) is 37.5 Å². The number of carbonyl (C=O) groups is 1. The lowest BCUT2D eigenvalue weighted by Gasteiger charge is -2.18. The summed E-state index contributed by atoms with van der Waals surface area (Å²) in [5.74, 6) is 0.0363. The van der Waals surface area contributed by atoms with Crippen LogP contribution in [0.3, 0.4) is 0 Å².